The highest BCUT2D eigenvalue weighted by atomic mass is 35.5. The Morgan fingerprint density at radius 2 is 2.17 bits per heavy atom. The lowest BCUT2D eigenvalue weighted by molar-refractivity contribution is 0.00876. The SMILES string of the molecule is CC1CCC(OC(=O)c2cnccc2Cl)CC1C. The minimum Gasteiger partial charge on any atom is -0.459 e. The molecular weight excluding hydrogens is 250 g/mol. The van der Waals surface area contributed by atoms with Gasteiger partial charge in [0.2, 0.25) is 0 Å². The standard InChI is InChI=1S/C14H18ClNO2/c1-9-3-4-11(7-10(9)2)18-14(17)12-8-16-6-5-13(12)15/h5-6,8-11H,3-4,7H2,1-2H3. The van der Waals surface area contributed by atoms with E-state index in [1.807, 2.05) is 0 Å². The molecule has 1 heterocycles. The molecule has 3 atom stereocenters. The zero-order chi connectivity index (χ0) is 13.1. The van der Waals surface area contributed by atoms with Gasteiger partial charge in [-0.2, -0.15) is 0 Å². The number of pyridine rings is 1. The van der Waals surface area contributed by atoms with E-state index >= 15 is 0 Å². The summed E-state index contributed by atoms with van der Waals surface area (Å²) in [7, 11) is 0. The Morgan fingerprint density at radius 3 is 2.83 bits per heavy atom. The van der Waals surface area contributed by atoms with Crippen LogP contribution in [-0.4, -0.2) is 17.1 Å². The van der Waals surface area contributed by atoms with Crippen LogP contribution < -0.4 is 0 Å². The van der Waals surface area contributed by atoms with Crippen molar-refractivity contribution in [2.24, 2.45) is 11.8 Å². The third-order valence-corrected chi connectivity index (χ3v) is 4.14. The van der Waals surface area contributed by atoms with Crippen molar-refractivity contribution in [1.82, 2.24) is 4.98 Å². The van der Waals surface area contributed by atoms with Crippen molar-refractivity contribution in [3.63, 3.8) is 0 Å². The molecule has 1 aliphatic rings. The smallest absolute Gasteiger partial charge is 0.341 e. The van der Waals surface area contributed by atoms with Gasteiger partial charge in [0.15, 0.2) is 0 Å². The number of aromatic nitrogens is 1. The average Bonchev–Trinajstić information content (AvgIpc) is 2.34. The molecule has 0 aliphatic heterocycles. The van der Waals surface area contributed by atoms with Crippen LogP contribution in [0.2, 0.25) is 5.02 Å². The Kier molecular flexibility index (Phi) is 4.23. The average molecular weight is 268 g/mol. The summed E-state index contributed by atoms with van der Waals surface area (Å²) in [5.74, 6) is 0.947. The number of nitrogens with zero attached hydrogens (tertiary/aromatic N) is 1. The van der Waals surface area contributed by atoms with E-state index < -0.39 is 0 Å². The van der Waals surface area contributed by atoms with Gasteiger partial charge in [-0.3, -0.25) is 4.98 Å². The summed E-state index contributed by atoms with van der Waals surface area (Å²) in [6.45, 7) is 4.46. The monoisotopic (exact) mass is 267 g/mol. The van der Waals surface area contributed by atoms with Crippen LogP contribution >= 0.6 is 11.6 Å². The van der Waals surface area contributed by atoms with Crippen LogP contribution in [0.4, 0.5) is 0 Å². The van der Waals surface area contributed by atoms with E-state index in [-0.39, 0.29) is 12.1 Å². The third kappa shape index (κ3) is 3.02. The van der Waals surface area contributed by atoms with Crippen LogP contribution in [0.1, 0.15) is 43.5 Å². The fourth-order valence-corrected chi connectivity index (χ4v) is 2.53. The minimum absolute atomic E-state index is 0.0139. The van der Waals surface area contributed by atoms with Crippen LogP contribution in [-0.2, 0) is 4.74 Å². The van der Waals surface area contributed by atoms with E-state index in [0.29, 0.717) is 22.4 Å². The van der Waals surface area contributed by atoms with Gasteiger partial charge in [-0.05, 0) is 37.2 Å². The van der Waals surface area contributed by atoms with Gasteiger partial charge in [-0.15, -0.1) is 0 Å². The number of halogens is 1. The van der Waals surface area contributed by atoms with Crippen molar-refractivity contribution < 1.29 is 9.53 Å². The molecule has 1 fully saturated rings. The summed E-state index contributed by atoms with van der Waals surface area (Å²) < 4.78 is 5.51. The molecule has 1 saturated carbocycles. The van der Waals surface area contributed by atoms with E-state index in [2.05, 4.69) is 18.8 Å². The highest BCUT2D eigenvalue weighted by Gasteiger charge is 2.27. The Balaban J connectivity index is 1.98. The number of rotatable bonds is 2. The Morgan fingerprint density at radius 1 is 1.39 bits per heavy atom. The Hall–Kier alpha value is -1.09. The predicted octanol–water partition coefficient (Wildman–Crippen LogP) is 3.72. The molecule has 1 aromatic rings. The maximum absolute atomic E-state index is 12.0. The highest BCUT2D eigenvalue weighted by Crippen LogP contribution is 2.31. The molecule has 0 spiro atoms. The van der Waals surface area contributed by atoms with Gasteiger partial charge in [-0.1, -0.05) is 25.4 Å². The fraction of sp³-hybridized carbons (Fsp3) is 0.571. The van der Waals surface area contributed by atoms with E-state index in [0.717, 1.165) is 19.3 Å². The Labute approximate surface area is 113 Å². The molecule has 0 amide bonds. The number of hydrogen-bond acceptors (Lipinski definition) is 3. The second-order valence-electron chi connectivity index (χ2n) is 5.15. The topological polar surface area (TPSA) is 39.2 Å². The maximum atomic E-state index is 12.0. The summed E-state index contributed by atoms with van der Waals surface area (Å²) in [6, 6.07) is 1.60. The number of hydrogen-bond donors (Lipinski definition) is 0. The molecule has 18 heavy (non-hydrogen) atoms. The lowest BCUT2D eigenvalue weighted by Gasteiger charge is -2.31. The summed E-state index contributed by atoms with van der Waals surface area (Å²) in [5.41, 5.74) is 0.352. The summed E-state index contributed by atoms with van der Waals surface area (Å²) in [6.07, 6.45) is 6.02. The van der Waals surface area contributed by atoms with Crippen LogP contribution in [0, 0.1) is 11.8 Å². The van der Waals surface area contributed by atoms with Crippen molar-refractivity contribution in [3.8, 4) is 0 Å². The van der Waals surface area contributed by atoms with Gasteiger partial charge in [0.1, 0.15) is 6.10 Å². The third-order valence-electron chi connectivity index (χ3n) is 3.81. The molecule has 3 nitrogen and oxygen atoms in total. The second-order valence-corrected chi connectivity index (χ2v) is 5.56. The second kappa shape index (κ2) is 5.70. The molecule has 1 aliphatic carbocycles. The van der Waals surface area contributed by atoms with Gasteiger partial charge in [-0.25, -0.2) is 4.79 Å². The van der Waals surface area contributed by atoms with Crippen molar-refractivity contribution in [1.29, 1.82) is 0 Å². The summed E-state index contributed by atoms with van der Waals surface area (Å²) >= 11 is 5.95. The van der Waals surface area contributed by atoms with E-state index in [4.69, 9.17) is 16.3 Å². The number of carbonyl (C=O) groups excluding carboxylic acids is 1. The van der Waals surface area contributed by atoms with Crippen molar-refractivity contribution in [2.45, 2.75) is 39.2 Å². The van der Waals surface area contributed by atoms with Crippen LogP contribution in [0.15, 0.2) is 18.5 Å². The molecular formula is C14H18ClNO2. The highest BCUT2D eigenvalue weighted by molar-refractivity contribution is 6.33. The predicted molar refractivity (Wildman–Crippen MR) is 70.6 cm³/mol. The zero-order valence-electron chi connectivity index (χ0n) is 10.7. The quantitative estimate of drug-likeness (QED) is 0.767. The first kappa shape index (κ1) is 13.3. The summed E-state index contributed by atoms with van der Waals surface area (Å²) in [5, 5.41) is 0.396. The lowest BCUT2D eigenvalue weighted by atomic mass is 9.80. The molecule has 2 rings (SSSR count). The van der Waals surface area contributed by atoms with Crippen molar-refractivity contribution in [3.05, 3.63) is 29.0 Å². The molecule has 98 valence electrons. The minimum atomic E-state index is -0.361. The van der Waals surface area contributed by atoms with Crippen LogP contribution in [0.5, 0.6) is 0 Å². The van der Waals surface area contributed by atoms with E-state index in [1.54, 1.807) is 12.3 Å². The zero-order valence-corrected chi connectivity index (χ0v) is 11.5. The van der Waals surface area contributed by atoms with Crippen molar-refractivity contribution in [2.75, 3.05) is 0 Å². The molecule has 0 aromatic carbocycles. The number of ether oxygens (including phenoxy) is 1. The lowest BCUT2D eigenvalue weighted by Crippen LogP contribution is -2.28. The van der Waals surface area contributed by atoms with Gasteiger partial charge in [0.05, 0.1) is 10.6 Å². The molecule has 4 heteroatoms. The van der Waals surface area contributed by atoms with Gasteiger partial charge in [0.25, 0.3) is 0 Å². The largest absolute Gasteiger partial charge is 0.459 e. The molecule has 0 radical (unpaired) electrons. The first-order chi connectivity index (χ1) is 8.58. The number of carbonyl (C=O) groups is 1. The van der Waals surface area contributed by atoms with Crippen LogP contribution in [0.3, 0.4) is 0 Å². The number of esters is 1. The van der Waals surface area contributed by atoms with Crippen molar-refractivity contribution >= 4 is 17.6 Å². The first-order valence-electron chi connectivity index (χ1n) is 6.38. The van der Waals surface area contributed by atoms with Gasteiger partial charge >= 0.3 is 5.97 Å². The van der Waals surface area contributed by atoms with Crippen LogP contribution in [0.25, 0.3) is 0 Å². The van der Waals surface area contributed by atoms with E-state index in [1.165, 1.54) is 6.20 Å². The normalized spacial score (nSPS) is 27.8. The van der Waals surface area contributed by atoms with Gasteiger partial charge in [0, 0.05) is 12.4 Å². The summed E-state index contributed by atoms with van der Waals surface area (Å²) in [4.78, 5) is 15.9. The van der Waals surface area contributed by atoms with Gasteiger partial charge < -0.3 is 4.74 Å². The molecule has 0 saturated heterocycles. The molecule has 3 unspecified atom stereocenters. The fourth-order valence-electron chi connectivity index (χ4n) is 2.35. The molecule has 0 bridgehead atoms. The first-order valence-corrected chi connectivity index (χ1v) is 6.76. The van der Waals surface area contributed by atoms with E-state index in [9.17, 15) is 4.79 Å². The molecule has 1 aromatic heterocycles. The Bertz CT molecular complexity index is 436. The maximum Gasteiger partial charge on any atom is 0.341 e. The molecule has 0 N–H and O–H groups in total.